The minimum Gasteiger partial charge on any atom is -0.492 e. The van der Waals surface area contributed by atoms with E-state index in [4.69, 9.17) is 4.74 Å². The van der Waals surface area contributed by atoms with E-state index in [9.17, 15) is 4.79 Å². The summed E-state index contributed by atoms with van der Waals surface area (Å²) in [5.74, 6) is 0.775. The van der Waals surface area contributed by atoms with Crippen LogP contribution in [0.4, 0.5) is 0 Å². The van der Waals surface area contributed by atoms with E-state index in [0.29, 0.717) is 18.7 Å². The Morgan fingerprint density at radius 1 is 1.11 bits per heavy atom. The molecule has 1 aromatic heterocycles. The van der Waals surface area contributed by atoms with Gasteiger partial charge in [0.25, 0.3) is 5.91 Å². The van der Waals surface area contributed by atoms with Gasteiger partial charge in [0, 0.05) is 35.2 Å². The van der Waals surface area contributed by atoms with Crippen molar-refractivity contribution < 1.29 is 9.53 Å². The number of aromatic nitrogens is 1. The number of rotatable bonds is 7. The number of benzene rings is 2. The van der Waals surface area contributed by atoms with Gasteiger partial charge in [-0.1, -0.05) is 12.1 Å². The molecule has 3 rings (SSSR count). The Bertz CT molecular complexity index is 927. The minimum atomic E-state index is -0.0681. The number of hydrogen-bond acceptors (Lipinski definition) is 3. The second kappa shape index (κ2) is 8.27. The van der Waals surface area contributed by atoms with Gasteiger partial charge >= 0.3 is 0 Å². The van der Waals surface area contributed by atoms with Crippen LogP contribution in [0.2, 0.25) is 0 Å². The number of fused-ring (bicyclic) bond motifs is 1. The van der Waals surface area contributed by atoms with Crippen molar-refractivity contribution in [2.24, 2.45) is 0 Å². The molecule has 5 nitrogen and oxygen atoms in total. The molecular formula is C22H27N3O2. The van der Waals surface area contributed by atoms with Crippen molar-refractivity contribution >= 4 is 16.8 Å². The molecule has 0 radical (unpaired) electrons. The van der Waals surface area contributed by atoms with Crippen molar-refractivity contribution in [3.8, 4) is 5.75 Å². The summed E-state index contributed by atoms with van der Waals surface area (Å²) in [5.41, 5.74) is 5.10. The zero-order valence-corrected chi connectivity index (χ0v) is 16.4. The molecule has 5 heteroatoms. The molecule has 0 unspecified atom stereocenters. The first kappa shape index (κ1) is 19.0. The van der Waals surface area contributed by atoms with Crippen LogP contribution in [0.25, 0.3) is 10.9 Å². The topological polar surface area (TPSA) is 57.4 Å². The van der Waals surface area contributed by atoms with Crippen molar-refractivity contribution in [3.05, 3.63) is 64.8 Å². The Kier molecular flexibility index (Phi) is 5.81. The lowest BCUT2D eigenvalue weighted by atomic mass is 10.1. The van der Waals surface area contributed by atoms with Crippen LogP contribution in [-0.2, 0) is 6.54 Å². The molecule has 3 aromatic rings. The van der Waals surface area contributed by atoms with Crippen LogP contribution in [0, 0.1) is 13.8 Å². The summed E-state index contributed by atoms with van der Waals surface area (Å²) < 4.78 is 5.69. The number of H-pyrrole nitrogens is 1. The third kappa shape index (κ3) is 4.68. The molecule has 0 aliphatic carbocycles. The second-order valence-electron chi connectivity index (χ2n) is 7.11. The molecule has 2 aromatic carbocycles. The molecule has 0 bridgehead atoms. The fourth-order valence-electron chi connectivity index (χ4n) is 2.94. The van der Waals surface area contributed by atoms with Gasteiger partial charge in [0.15, 0.2) is 0 Å². The van der Waals surface area contributed by atoms with Crippen LogP contribution in [0.15, 0.2) is 42.5 Å². The lowest BCUT2D eigenvalue weighted by Gasteiger charge is -2.11. The van der Waals surface area contributed by atoms with Gasteiger partial charge in [-0.15, -0.1) is 0 Å². The summed E-state index contributed by atoms with van der Waals surface area (Å²) in [6.07, 6.45) is 0. The third-order valence-corrected chi connectivity index (χ3v) is 4.75. The quantitative estimate of drug-likeness (QED) is 0.672. The Balaban J connectivity index is 1.58. The van der Waals surface area contributed by atoms with Crippen molar-refractivity contribution in [2.45, 2.75) is 20.4 Å². The van der Waals surface area contributed by atoms with E-state index in [2.05, 4.69) is 22.1 Å². The van der Waals surface area contributed by atoms with E-state index in [1.807, 2.05) is 63.5 Å². The van der Waals surface area contributed by atoms with Gasteiger partial charge in [-0.3, -0.25) is 4.79 Å². The van der Waals surface area contributed by atoms with E-state index < -0.39 is 0 Å². The highest BCUT2D eigenvalue weighted by Crippen LogP contribution is 2.22. The van der Waals surface area contributed by atoms with Gasteiger partial charge in [-0.25, -0.2) is 0 Å². The van der Waals surface area contributed by atoms with Gasteiger partial charge in [0.1, 0.15) is 12.4 Å². The maximum Gasteiger partial charge on any atom is 0.251 e. The van der Waals surface area contributed by atoms with Crippen molar-refractivity contribution in [1.29, 1.82) is 0 Å². The van der Waals surface area contributed by atoms with Gasteiger partial charge in [0.05, 0.1) is 0 Å². The number of likely N-dealkylation sites (N-methyl/N-ethyl adjacent to an activating group) is 1. The van der Waals surface area contributed by atoms with Crippen molar-refractivity contribution in [1.82, 2.24) is 15.2 Å². The molecule has 27 heavy (non-hydrogen) atoms. The normalized spacial score (nSPS) is 11.1. The summed E-state index contributed by atoms with van der Waals surface area (Å²) in [7, 11) is 4.04. The molecule has 0 spiro atoms. The molecule has 142 valence electrons. The summed E-state index contributed by atoms with van der Waals surface area (Å²) in [6.45, 7) is 6.13. The molecule has 0 saturated heterocycles. The van der Waals surface area contributed by atoms with Crippen LogP contribution in [-0.4, -0.2) is 43.0 Å². The highest BCUT2D eigenvalue weighted by atomic mass is 16.5. The van der Waals surface area contributed by atoms with Crippen molar-refractivity contribution in [3.63, 3.8) is 0 Å². The van der Waals surface area contributed by atoms with E-state index in [1.54, 1.807) is 0 Å². The zero-order chi connectivity index (χ0) is 19.4. The molecule has 1 heterocycles. The number of aromatic amines is 1. The maximum atomic E-state index is 12.5. The average molecular weight is 365 g/mol. The van der Waals surface area contributed by atoms with E-state index in [1.165, 1.54) is 5.56 Å². The number of nitrogens with zero attached hydrogens (tertiary/aromatic N) is 1. The summed E-state index contributed by atoms with van der Waals surface area (Å²) in [5, 5.41) is 4.08. The Morgan fingerprint density at radius 3 is 2.56 bits per heavy atom. The SMILES string of the molecule is Cc1[nH]c2ccc(C(=O)NCc3ccc(OCCN(C)C)cc3)cc2c1C. The standard InChI is InChI=1S/C22H27N3O2/c1-15-16(2)24-21-10-7-18(13-20(15)21)22(26)23-14-17-5-8-19(9-6-17)27-12-11-25(3)4/h5-10,13,24H,11-12,14H2,1-4H3,(H,23,26). The first-order chi connectivity index (χ1) is 12.9. The molecule has 0 aliphatic heterocycles. The molecule has 2 N–H and O–H groups in total. The number of ether oxygens (including phenoxy) is 1. The molecular weight excluding hydrogens is 338 g/mol. The van der Waals surface area contributed by atoms with Crippen LogP contribution in [0.1, 0.15) is 27.2 Å². The number of nitrogens with one attached hydrogen (secondary N) is 2. The number of aryl methyl sites for hydroxylation is 2. The Morgan fingerprint density at radius 2 is 1.85 bits per heavy atom. The molecule has 0 aliphatic rings. The Hall–Kier alpha value is -2.79. The number of hydrogen-bond donors (Lipinski definition) is 2. The highest BCUT2D eigenvalue weighted by Gasteiger charge is 2.10. The minimum absolute atomic E-state index is 0.0681. The Labute approximate surface area is 160 Å². The molecule has 0 atom stereocenters. The first-order valence-corrected chi connectivity index (χ1v) is 9.17. The number of carbonyl (C=O) groups is 1. The largest absolute Gasteiger partial charge is 0.492 e. The van der Waals surface area contributed by atoms with Gasteiger partial charge < -0.3 is 19.9 Å². The summed E-state index contributed by atoms with van der Waals surface area (Å²) in [6, 6.07) is 13.6. The van der Waals surface area contributed by atoms with E-state index in [-0.39, 0.29) is 5.91 Å². The maximum absolute atomic E-state index is 12.5. The zero-order valence-electron chi connectivity index (χ0n) is 16.4. The van der Waals surface area contributed by atoms with Gasteiger partial charge in [0.2, 0.25) is 0 Å². The molecule has 0 fully saturated rings. The van der Waals surface area contributed by atoms with Crippen LogP contribution < -0.4 is 10.1 Å². The number of carbonyl (C=O) groups excluding carboxylic acids is 1. The smallest absolute Gasteiger partial charge is 0.251 e. The van der Waals surface area contributed by atoms with Crippen LogP contribution in [0.5, 0.6) is 5.75 Å². The second-order valence-corrected chi connectivity index (χ2v) is 7.11. The summed E-state index contributed by atoms with van der Waals surface area (Å²) >= 11 is 0. The lowest BCUT2D eigenvalue weighted by molar-refractivity contribution is 0.0951. The van der Waals surface area contributed by atoms with Crippen molar-refractivity contribution in [2.75, 3.05) is 27.2 Å². The average Bonchev–Trinajstić information content (AvgIpc) is 2.94. The van der Waals surface area contributed by atoms with E-state index >= 15 is 0 Å². The van der Waals surface area contributed by atoms with Crippen LogP contribution in [0.3, 0.4) is 0 Å². The third-order valence-electron chi connectivity index (χ3n) is 4.75. The van der Waals surface area contributed by atoms with Gasteiger partial charge in [-0.2, -0.15) is 0 Å². The van der Waals surface area contributed by atoms with E-state index in [0.717, 1.165) is 34.5 Å². The molecule has 0 saturated carbocycles. The summed E-state index contributed by atoms with van der Waals surface area (Å²) in [4.78, 5) is 17.9. The first-order valence-electron chi connectivity index (χ1n) is 9.17. The van der Waals surface area contributed by atoms with Gasteiger partial charge in [-0.05, 0) is 69.4 Å². The predicted molar refractivity (Wildman–Crippen MR) is 109 cm³/mol. The fourth-order valence-corrected chi connectivity index (χ4v) is 2.94. The number of amides is 1. The fraction of sp³-hybridized carbons (Fsp3) is 0.318. The molecule has 1 amide bonds. The highest BCUT2D eigenvalue weighted by molar-refractivity contribution is 5.99. The van der Waals surface area contributed by atoms with Crippen LogP contribution >= 0.6 is 0 Å². The predicted octanol–water partition coefficient (Wildman–Crippen LogP) is 3.66. The monoisotopic (exact) mass is 365 g/mol. The lowest BCUT2D eigenvalue weighted by Crippen LogP contribution is -2.22.